The molecular formula is C12H18F3N3O2S. The van der Waals surface area contributed by atoms with Crippen LogP contribution in [0, 0.1) is 0 Å². The molecule has 2 aliphatic heterocycles. The first kappa shape index (κ1) is 16.3. The second kappa shape index (κ2) is 5.28. The minimum Gasteiger partial charge on any atom is -0.332 e. The van der Waals surface area contributed by atoms with E-state index in [-0.39, 0.29) is 6.04 Å². The van der Waals surface area contributed by atoms with Crippen molar-refractivity contribution in [3.63, 3.8) is 0 Å². The highest BCUT2D eigenvalue weighted by atomic mass is 32.2. The van der Waals surface area contributed by atoms with Gasteiger partial charge in [0.05, 0.1) is 6.04 Å². The summed E-state index contributed by atoms with van der Waals surface area (Å²) in [5.74, 6) is -1.08. The zero-order chi connectivity index (χ0) is 16.0. The van der Waals surface area contributed by atoms with Gasteiger partial charge in [-0.25, -0.2) is 13.1 Å². The molecule has 0 amide bonds. The Bertz CT molecular complexity index is 595. The van der Waals surface area contributed by atoms with Crippen LogP contribution in [0.15, 0.2) is 16.3 Å². The lowest BCUT2D eigenvalue weighted by Gasteiger charge is -2.28. The summed E-state index contributed by atoms with van der Waals surface area (Å²) in [5, 5.41) is 0. The van der Waals surface area contributed by atoms with Crippen LogP contribution in [-0.2, 0) is 10.0 Å². The molecule has 0 radical (unpaired) electrons. The molecule has 0 aliphatic carbocycles. The maximum absolute atomic E-state index is 12.2. The van der Waals surface area contributed by atoms with Gasteiger partial charge >= 0.3 is 6.18 Å². The van der Waals surface area contributed by atoms with E-state index in [9.17, 15) is 21.6 Å². The summed E-state index contributed by atoms with van der Waals surface area (Å²) in [6, 6.07) is -0.542. The first-order chi connectivity index (χ1) is 9.48. The summed E-state index contributed by atoms with van der Waals surface area (Å²) in [7, 11) is -4.38. The molecule has 0 saturated carbocycles. The van der Waals surface area contributed by atoms with E-state index in [2.05, 4.69) is 9.71 Å². The van der Waals surface area contributed by atoms with E-state index in [1.54, 1.807) is 0 Å². The van der Waals surface area contributed by atoms with Gasteiger partial charge in [0.1, 0.15) is 5.84 Å². The standard InChI is InChI=1S/C12H18F3N3O2S/c1-7-8(2)16-9(3)18-5-10(4-11(7)18)17-21(19,20)6-12(13,14)15/h8,10,17H,4-6H2,1-3H3. The van der Waals surface area contributed by atoms with Gasteiger partial charge in [-0.15, -0.1) is 0 Å². The number of hydrogen-bond donors (Lipinski definition) is 1. The van der Waals surface area contributed by atoms with Crippen LogP contribution in [0.2, 0.25) is 0 Å². The molecule has 2 unspecified atom stereocenters. The van der Waals surface area contributed by atoms with Gasteiger partial charge in [0.25, 0.3) is 0 Å². The second-order valence-electron chi connectivity index (χ2n) is 5.49. The smallest absolute Gasteiger partial charge is 0.332 e. The van der Waals surface area contributed by atoms with Crippen LogP contribution < -0.4 is 4.72 Å². The van der Waals surface area contributed by atoms with E-state index in [1.807, 2.05) is 25.7 Å². The molecule has 1 N–H and O–H groups in total. The quantitative estimate of drug-likeness (QED) is 0.858. The van der Waals surface area contributed by atoms with Gasteiger partial charge in [-0.05, 0) is 26.3 Å². The predicted molar refractivity (Wildman–Crippen MR) is 73.4 cm³/mol. The summed E-state index contributed by atoms with van der Waals surface area (Å²) >= 11 is 0. The third kappa shape index (κ3) is 3.76. The number of amidine groups is 1. The lowest BCUT2D eigenvalue weighted by atomic mass is 10.0. The Balaban J connectivity index is 2.12. The van der Waals surface area contributed by atoms with Crippen LogP contribution in [0.5, 0.6) is 0 Å². The summed E-state index contributed by atoms with van der Waals surface area (Å²) in [4.78, 5) is 6.30. The predicted octanol–water partition coefficient (Wildman–Crippen LogP) is 1.64. The number of nitrogens with zero attached hydrogens (tertiary/aromatic N) is 2. The average molecular weight is 325 g/mol. The van der Waals surface area contributed by atoms with Crippen LogP contribution in [0.25, 0.3) is 0 Å². The van der Waals surface area contributed by atoms with E-state index < -0.39 is 28.0 Å². The van der Waals surface area contributed by atoms with Crippen molar-refractivity contribution in [2.24, 2.45) is 4.99 Å². The Kier molecular flexibility index (Phi) is 4.09. The molecule has 21 heavy (non-hydrogen) atoms. The molecule has 0 aromatic carbocycles. The summed E-state index contributed by atoms with van der Waals surface area (Å²) in [6.45, 7) is 5.97. The topological polar surface area (TPSA) is 61.8 Å². The minimum absolute atomic E-state index is 0.0155. The van der Waals surface area contributed by atoms with Crippen molar-refractivity contribution in [3.05, 3.63) is 11.3 Å². The highest BCUT2D eigenvalue weighted by molar-refractivity contribution is 7.89. The van der Waals surface area contributed by atoms with Gasteiger partial charge < -0.3 is 4.90 Å². The second-order valence-corrected chi connectivity index (χ2v) is 7.24. The fourth-order valence-electron chi connectivity index (χ4n) is 2.72. The first-order valence-corrected chi connectivity index (χ1v) is 8.22. The zero-order valence-electron chi connectivity index (χ0n) is 12.0. The van der Waals surface area contributed by atoms with Crippen LogP contribution in [-0.4, -0.2) is 49.7 Å². The first-order valence-electron chi connectivity index (χ1n) is 6.57. The third-order valence-corrected chi connectivity index (χ3v) is 5.12. The molecule has 1 saturated heterocycles. The number of sulfonamides is 1. The van der Waals surface area contributed by atoms with Gasteiger partial charge in [-0.3, -0.25) is 4.99 Å². The molecule has 9 heteroatoms. The molecule has 1 fully saturated rings. The highest BCUT2D eigenvalue weighted by Gasteiger charge is 2.39. The Morgan fingerprint density at radius 1 is 1.38 bits per heavy atom. The molecule has 0 spiro atoms. The number of nitrogens with one attached hydrogen (secondary N) is 1. The fourth-order valence-corrected chi connectivity index (χ4v) is 3.90. The molecule has 2 heterocycles. The van der Waals surface area contributed by atoms with Crippen molar-refractivity contribution < 1.29 is 21.6 Å². The number of aliphatic imine (C=N–C) groups is 1. The third-order valence-electron chi connectivity index (χ3n) is 3.72. The van der Waals surface area contributed by atoms with E-state index in [1.165, 1.54) is 0 Å². The van der Waals surface area contributed by atoms with Crippen LogP contribution in [0.1, 0.15) is 27.2 Å². The largest absolute Gasteiger partial charge is 0.404 e. The molecule has 0 aromatic heterocycles. The fraction of sp³-hybridized carbons (Fsp3) is 0.750. The summed E-state index contributed by atoms with van der Waals surface area (Å²) < 4.78 is 61.9. The van der Waals surface area contributed by atoms with Crippen molar-refractivity contribution in [1.82, 2.24) is 9.62 Å². The lowest BCUT2D eigenvalue weighted by Crippen LogP contribution is -2.42. The van der Waals surface area contributed by atoms with Crippen molar-refractivity contribution in [1.29, 1.82) is 0 Å². The number of alkyl halides is 3. The molecule has 0 aromatic rings. The van der Waals surface area contributed by atoms with E-state index in [0.29, 0.717) is 13.0 Å². The van der Waals surface area contributed by atoms with Crippen LogP contribution >= 0.6 is 0 Å². The van der Waals surface area contributed by atoms with Crippen molar-refractivity contribution in [3.8, 4) is 0 Å². The number of fused-ring (bicyclic) bond motifs is 1. The number of halogens is 3. The summed E-state index contributed by atoms with van der Waals surface area (Å²) in [6.07, 6.45) is -4.35. The summed E-state index contributed by atoms with van der Waals surface area (Å²) in [5.41, 5.74) is 1.98. The van der Waals surface area contributed by atoms with Gasteiger partial charge in [-0.2, -0.15) is 13.2 Å². The van der Waals surface area contributed by atoms with Crippen LogP contribution in [0.4, 0.5) is 13.2 Å². The normalized spacial score (nSPS) is 27.0. The molecule has 2 aliphatic rings. The molecule has 2 atom stereocenters. The van der Waals surface area contributed by atoms with Gasteiger partial charge in [0.2, 0.25) is 10.0 Å². The van der Waals surface area contributed by atoms with E-state index in [0.717, 1.165) is 17.1 Å². The Morgan fingerprint density at radius 2 is 2.00 bits per heavy atom. The van der Waals surface area contributed by atoms with Gasteiger partial charge in [-0.1, -0.05) is 0 Å². The van der Waals surface area contributed by atoms with Gasteiger partial charge in [0.15, 0.2) is 5.75 Å². The molecular weight excluding hydrogens is 307 g/mol. The Hall–Kier alpha value is -1.09. The highest BCUT2D eigenvalue weighted by Crippen LogP contribution is 2.31. The van der Waals surface area contributed by atoms with Crippen molar-refractivity contribution in [2.45, 2.75) is 45.5 Å². The van der Waals surface area contributed by atoms with Crippen molar-refractivity contribution in [2.75, 3.05) is 12.3 Å². The minimum atomic E-state index is -4.74. The SMILES string of the molecule is CC1=NC(C)C(C)=C2CC(NS(=O)(=O)CC(F)(F)F)CN12. The maximum atomic E-state index is 12.2. The molecule has 120 valence electrons. The molecule has 5 nitrogen and oxygen atoms in total. The van der Waals surface area contributed by atoms with Crippen LogP contribution in [0.3, 0.4) is 0 Å². The van der Waals surface area contributed by atoms with E-state index in [4.69, 9.17) is 0 Å². The molecule has 0 bridgehead atoms. The number of hydrogen-bond acceptors (Lipinski definition) is 4. The lowest BCUT2D eigenvalue weighted by molar-refractivity contribution is -0.106. The molecule has 2 rings (SSSR count). The Morgan fingerprint density at radius 3 is 2.57 bits per heavy atom. The van der Waals surface area contributed by atoms with Gasteiger partial charge in [0, 0.05) is 24.7 Å². The van der Waals surface area contributed by atoms with E-state index >= 15 is 0 Å². The van der Waals surface area contributed by atoms with Crippen molar-refractivity contribution >= 4 is 15.9 Å². The number of rotatable bonds is 3. The average Bonchev–Trinajstić information content (AvgIpc) is 2.66. The zero-order valence-corrected chi connectivity index (χ0v) is 12.8. The maximum Gasteiger partial charge on any atom is 0.404 e. The Labute approximate surface area is 122 Å². The monoisotopic (exact) mass is 325 g/mol.